The monoisotopic (exact) mass is 462 g/mol. The van der Waals surface area contributed by atoms with Gasteiger partial charge < -0.3 is 9.64 Å². The Bertz CT molecular complexity index is 1020. The van der Waals surface area contributed by atoms with E-state index >= 15 is 0 Å². The van der Waals surface area contributed by atoms with E-state index in [0.29, 0.717) is 50.9 Å². The SMILES string of the molecule is O=C(c1ccc(Cl)c(S(=O)(=O)N2CCC(Cc3ccccc3)CC2)c1)N1CCOCC1. The summed E-state index contributed by atoms with van der Waals surface area (Å²) < 4.78 is 33.4. The standard InChI is InChI=1S/C23H27ClN2O4S/c24-21-7-6-20(23(27)25-12-14-30-15-13-25)17-22(21)31(28,29)26-10-8-19(9-11-26)16-18-4-2-1-3-5-18/h1-7,17,19H,8-16H2. The third-order valence-electron chi connectivity index (χ3n) is 6.03. The summed E-state index contributed by atoms with van der Waals surface area (Å²) in [5.41, 5.74) is 1.62. The van der Waals surface area contributed by atoms with E-state index in [1.807, 2.05) is 18.2 Å². The van der Waals surface area contributed by atoms with E-state index in [-0.39, 0.29) is 15.8 Å². The number of nitrogens with zero attached hydrogens (tertiary/aromatic N) is 2. The fraction of sp³-hybridized carbons (Fsp3) is 0.435. The van der Waals surface area contributed by atoms with Gasteiger partial charge in [0.1, 0.15) is 4.90 Å². The lowest BCUT2D eigenvalue weighted by Crippen LogP contribution is -2.41. The number of sulfonamides is 1. The van der Waals surface area contributed by atoms with Gasteiger partial charge in [0.05, 0.1) is 18.2 Å². The van der Waals surface area contributed by atoms with E-state index in [1.54, 1.807) is 11.0 Å². The number of hydrogen-bond acceptors (Lipinski definition) is 4. The number of morpholine rings is 1. The van der Waals surface area contributed by atoms with Crippen LogP contribution < -0.4 is 0 Å². The maximum atomic E-state index is 13.3. The summed E-state index contributed by atoms with van der Waals surface area (Å²) in [5, 5.41) is 0.143. The summed E-state index contributed by atoms with van der Waals surface area (Å²) in [6.45, 7) is 2.89. The van der Waals surface area contributed by atoms with Crippen LogP contribution in [0.5, 0.6) is 0 Å². The molecule has 1 amide bonds. The van der Waals surface area contributed by atoms with Crippen LogP contribution in [0.15, 0.2) is 53.4 Å². The Morgan fingerprint density at radius 1 is 1.00 bits per heavy atom. The van der Waals surface area contributed by atoms with Crippen LogP contribution in [0.3, 0.4) is 0 Å². The van der Waals surface area contributed by atoms with Crippen molar-refractivity contribution in [2.24, 2.45) is 5.92 Å². The summed E-state index contributed by atoms with van der Waals surface area (Å²) in [5.74, 6) is 0.261. The van der Waals surface area contributed by atoms with Gasteiger partial charge in [0.2, 0.25) is 10.0 Å². The molecule has 2 heterocycles. The van der Waals surface area contributed by atoms with Gasteiger partial charge in [0, 0.05) is 31.7 Å². The number of benzene rings is 2. The number of hydrogen-bond donors (Lipinski definition) is 0. The molecule has 0 spiro atoms. The van der Waals surface area contributed by atoms with E-state index in [2.05, 4.69) is 12.1 Å². The number of carbonyl (C=O) groups is 1. The molecule has 0 unspecified atom stereocenters. The second kappa shape index (κ2) is 9.69. The van der Waals surface area contributed by atoms with Crippen LogP contribution in [0.25, 0.3) is 0 Å². The molecule has 2 aliphatic rings. The summed E-state index contributed by atoms with van der Waals surface area (Å²) in [7, 11) is -3.77. The predicted molar refractivity (Wildman–Crippen MR) is 120 cm³/mol. The molecule has 0 saturated carbocycles. The first-order chi connectivity index (χ1) is 14.9. The van der Waals surface area contributed by atoms with Crippen molar-refractivity contribution in [3.63, 3.8) is 0 Å². The first-order valence-electron chi connectivity index (χ1n) is 10.7. The zero-order chi connectivity index (χ0) is 21.8. The first kappa shape index (κ1) is 22.3. The van der Waals surface area contributed by atoms with Crippen molar-refractivity contribution in [1.29, 1.82) is 0 Å². The van der Waals surface area contributed by atoms with Gasteiger partial charge in [-0.1, -0.05) is 41.9 Å². The second-order valence-electron chi connectivity index (χ2n) is 8.09. The van der Waals surface area contributed by atoms with Crippen molar-refractivity contribution >= 4 is 27.5 Å². The Kier molecular flexibility index (Phi) is 6.96. The van der Waals surface area contributed by atoms with Crippen molar-refractivity contribution in [1.82, 2.24) is 9.21 Å². The normalized spacial score (nSPS) is 18.8. The van der Waals surface area contributed by atoms with Crippen LogP contribution in [-0.4, -0.2) is 62.9 Å². The summed E-state index contributed by atoms with van der Waals surface area (Å²) in [6, 6.07) is 14.8. The van der Waals surface area contributed by atoms with Gasteiger partial charge in [0.15, 0.2) is 0 Å². The molecule has 0 atom stereocenters. The number of halogens is 1. The molecular formula is C23H27ClN2O4S. The van der Waals surface area contributed by atoms with Crippen LogP contribution in [0, 0.1) is 5.92 Å². The zero-order valence-electron chi connectivity index (χ0n) is 17.4. The molecule has 0 aliphatic carbocycles. The third-order valence-corrected chi connectivity index (χ3v) is 8.42. The number of ether oxygens (including phenoxy) is 1. The smallest absolute Gasteiger partial charge is 0.254 e. The summed E-state index contributed by atoms with van der Waals surface area (Å²) in [6.07, 6.45) is 2.56. The third kappa shape index (κ3) is 5.12. The molecule has 2 saturated heterocycles. The van der Waals surface area contributed by atoms with E-state index in [4.69, 9.17) is 16.3 Å². The second-order valence-corrected chi connectivity index (χ2v) is 10.4. The van der Waals surface area contributed by atoms with E-state index < -0.39 is 10.0 Å². The lowest BCUT2D eigenvalue weighted by atomic mass is 9.91. The summed E-state index contributed by atoms with van der Waals surface area (Å²) >= 11 is 6.28. The van der Waals surface area contributed by atoms with Gasteiger partial charge in [-0.25, -0.2) is 8.42 Å². The Balaban J connectivity index is 1.46. The van der Waals surface area contributed by atoms with Gasteiger partial charge in [-0.2, -0.15) is 4.31 Å². The fourth-order valence-electron chi connectivity index (χ4n) is 4.22. The molecule has 2 aliphatic heterocycles. The summed E-state index contributed by atoms with van der Waals surface area (Å²) in [4.78, 5) is 14.5. The van der Waals surface area contributed by atoms with Gasteiger partial charge in [0.25, 0.3) is 5.91 Å². The molecule has 2 aromatic rings. The van der Waals surface area contributed by atoms with E-state index in [9.17, 15) is 13.2 Å². The van der Waals surface area contributed by atoms with Crippen LogP contribution in [-0.2, 0) is 21.2 Å². The molecule has 0 N–H and O–H groups in total. The lowest BCUT2D eigenvalue weighted by Gasteiger charge is -2.31. The Labute approximate surface area is 188 Å². The molecular weight excluding hydrogens is 436 g/mol. The van der Waals surface area contributed by atoms with Crippen LogP contribution in [0.2, 0.25) is 5.02 Å². The molecule has 0 aromatic heterocycles. The molecule has 31 heavy (non-hydrogen) atoms. The number of piperidine rings is 1. The first-order valence-corrected chi connectivity index (χ1v) is 12.5. The van der Waals surface area contributed by atoms with Gasteiger partial charge in [-0.15, -0.1) is 0 Å². The predicted octanol–water partition coefficient (Wildman–Crippen LogP) is 3.46. The van der Waals surface area contributed by atoms with Crippen molar-refractivity contribution in [3.05, 3.63) is 64.7 Å². The molecule has 8 heteroatoms. The Morgan fingerprint density at radius 3 is 2.35 bits per heavy atom. The van der Waals surface area contributed by atoms with E-state index in [1.165, 1.54) is 22.0 Å². The van der Waals surface area contributed by atoms with Crippen molar-refractivity contribution < 1.29 is 17.9 Å². The maximum absolute atomic E-state index is 13.3. The average Bonchev–Trinajstić information content (AvgIpc) is 2.80. The zero-order valence-corrected chi connectivity index (χ0v) is 18.9. The Hall–Kier alpha value is -1.93. The minimum absolute atomic E-state index is 0.00906. The number of amides is 1. The van der Waals surface area contributed by atoms with Gasteiger partial charge in [-0.3, -0.25) is 4.79 Å². The van der Waals surface area contributed by atoms with Gasteiger partial charge >= 0.3 is 0 Å². The quantitative estimate of drug-likeness (QED) is 0.682. The highest BCUT2D eigenvalue weighted by atomic mass is 35.5. The number of carbonyl (C=O) groups excluding carboxylic acids is 1. The van der Waals surface area contributed by atoms with Crippen molar-refractivity contribution in [3.8, 4) is 0 Å². The number of rotatable bonds is 5. The molecule has 166 valence electrons. The van der Waals surface area contributed by atoms with Crippen LogP contribution in [0.1, 0.15) is 28.8 Å². The molecule has 6 nitrogen and oxygen atoms in total. The highest BCUT2D eigenvalue weighted by molar-refractivity contribution is 7.89. The fourth-order valence-corrected chi connectivity index (χ4v) is 6.19. The molecule has 0 bridgehead atoms. The highest BCUT2D eigenvalue weighted by Gasteiger charge is 2.32. The highest BCUT2D eigenvalue weighted by Crippen LogP contribution is 2.30. The van der Waals surface area contributed by atoms with Crippen LogP contribution >= 0.6 is 11.6 Å². The minimum atomic E-state index is -3.77. The molecule has 2 fully saturated rings. The lowest BCUT2D eigenvalue weighted by molar-refractivity contribution is 0.0302. The molecule has 4 rings (SSSR count). The maximum Gasteiger partial charge on any atom is 0.254 e. The largest absolute Gasteiger partial charge is 0.378 e. The average molecular weight is 463 g/mol. The molecule has 2 aromatic carbocycles. The van der Waals surface area contributed by atoms with Gasteiger partial charge in [-0.05, 0) is 48.9 Å². The molecule has 0 radical (unpaired) electrons. The topological polar surface area (TPSA) is 66.9 Å². The van der Waals surface area contributed by atoms with Crippen molar-refractivity contribution in [2.45, 2.75) is 24.2 Å². The van der Waals surface area contributed by atoms with Crippen LogP contribution in [0.4, 0.5) is 0 Å². The Morgan fingerprint density at radius 2 is 1.68 bits per heavy atom. The van der Waals surface area contributed by atoms with Crippen molar-refractivity contribution in [2.75, 3.05) is 39.4 Å². The van der Waals surface area contributed by atoms with E-state index in [0.717, 1.165) is 19.3 Å². The minimum Gasteiger partial charge on any atom is -0.378 e.